The second-order valence-corrected chi connectivity index (χ2v) is 9.57. The minimum atomic E-state index is 0.564. The van der Waals surface area contributed by atoms with Crippen LogP contribution in [0.4, 0.5) is 0 Å². The Kier molecular flexibility index (Phi) is 7.22. The summed E-state index contributed by atoms with van der Waals surface area (Å²) in [6.07, 6.45) is 0. The normalized spacial score (nSPS) is 10.9. The Morgan fingerprint density at radius 1 is 0.800 bits per heavy atom. The first kappa shape index (κ1) is 23.3. The Bertz CT molecular complexity index is 1400. The van der Waals surface area contributed by atoms with E-state index >= 15 is 0 Å². The van der Waals surface area contributed by atoms with Crippen molar-refractivity contribution in [1.29, 1.82) is 0 Å². The van der Waals surface area contributed by atoms with Crippen molar-refractivity contribution < 1.29 is 4.74 Å². The van der Waals surface area contributed by atoms with E-state index in [1.165, 1.54) is 0 Å². The van der Waals surface area contributed by atoms with Gasteiger partial charge in [0.25, 0.3) is 0 Å². The summed E-state index contributed by atoms with van der Waals surface area (Å²) >= 11 is 7.84. The number of aromatic nitrogens is 2. The minimum Gasteiger partial charge on any atom is -0.493 e. The number of imidazole rings is 1. The van der Waals surface area contributed by atoms with Gasteiger partial charge in [0.05, 0.1) is 18.0 Å². The van der Waals surface area contributed by atoms with E-state index in [1.807, 2.05) is 43.3 Å². The molecule has 0 spiro atoms. The van der Waals surface area contributed by atoms with Crippen LogP contribution in [0.3, 0.4) is 0 Å². The lowest BCUT2D eigenvalue weighted by molar-refractivity contribution is 0.343. The van der Waals surface area contributed by atoms with Crippen molar-refractivity contribution in [3.63, 3.8) is 0 Å². The van der Waals surface area contributed by atoms with Crippen molar-refractivity contribution in [2.24, 2.45) is 0 Å². The van der Waals surface area contributed by atoms with Crippen LogP contribution < -0.4 is 4.74 Å². The number of thioether (sulfide) groups is 1. The molecule has 1 aromatic heterocycles. The number of halogens is 1. The SMILES string of the molecule is Cc1cc(OCCSc2nc(-c3ccccc3)c(-c3ccccc3)n2-c2ccccc2)ccc1Cl. The predicted octanol–water partition coefficient (Wildman–Crippen LogP) is 8.34. The first-order valence-corrected chi connectivity index (χ1v) is 12.9. The molecule has 0 amide bonds. The monoisotopic (exact) mass is 496 g/mol. The highest BCUT2D eigenvalue weighted by molar-refractivity contribution is 7.99. The van der Waals surface area contributed by atoms with Crippen molar-refractivity contribution in [1.82, 2.24) is 9.55 Å². The van der Waals surface area contributed by atoms with Crippen LogP contribution in [-0.2, 0) is 0 Å². The van der Waals surface area contributed by atoms with Gasteiger partial charge in [0.15, 0.2) is 5.16 Å². The zero-order valence-corrected chi connectivity index (χ0v) is 21.0. The molecule has 0 saturated heterocycles. The summed E-state index contributed by atoms with van der Waals surface area (Å²) < 4.78 is 8.26. The molecule has 1 heterocycles. The Hall–Kier alpha value is -3.47. The van der Waals surface area contributed by atoms with Crippen LogP contribution in [-0.4, -0.2) is 21.9 Å². The van der Waals surface area contributed by atoms with Gasteiger partial charge >= 0.3 is 0 Å². The van der Waals surface area contributed by atoms with E-state index in [1.54, 1.807) is 11.8 Å². The van der Waals surface area contributed by atoms with Crippen LogP contribution in [0.15, 0.2) is 114 Å². The van der Waals surface area contributed by atoms with Gasteiger partial charge in [-0.05, 0) is 42.8 Å². The minimum absolute atomic E-state index is 0.564. The van der Waals surface area contributed by atoms with Crippen LogP contribution >= 0.6 is 23.4 Å². The quantitative estimate of drug-likeness (QED) is 0.159. The molecule has 35 heavy (non-hydrogen) atoms. The van der Waals surface area contributed by atoms with Crippen molar-refractivity contribution in [2.45, 2.75) is 12.1 Å². The molecule has 0 aliphatic carbocycles. The third-order valence-corrected chi connectivity index (χ3v) is 7.00. The molecule has 0 radical (unpaired) electrons. The Morgan fingerprint density at radius 2 is 1.43 bits per heavy atom. The predicted molar refractivity (Wildman–Crippen MR) is 147 cm³/mol. The van der Waals surface area contributed by atoms with E-state index in [4.69, 9.17) is 21.3 Å². The summed E-state index contributed by atoms with van der Waals surface area (Å²) in [6.45, 7) is 2.55. The third-order valence-electron chi connectivity index (χ3n) is 5.67. The highest BCUT2D eigenvalue weighted by Gasteiger charge is 2.21. The van der Waals surface area contributed by atoms with Crippen LogP contribution in [0.5, 0.6) is 5.75 Å². The second kappa shape index (κ2) is 10.9. The van der Waals surface area contributed by atoms with Crippen LogP contribution in [0.25, 0.3) is 28.2 Å². The van der Waals surface area contributed by atoms with Gasteiger partial charge in [-0.3, -0.25) is 4.57 Å². The molecular weight excluding hydrogens is 472 g/mol. The van der Waals surface area contributed by atoms with Crippen molar-refractivity contribution >= 4 is 23.4 Å². The summed E-state index contributed by atoms with van der Waals surface area (Å²) in [5.41, 5.74) is 6.37. The van der Waals surface area contributed by atoms with Crippen LogP contribution in [0, 0.1) is 6.92 Å². The van der Waals surface area contributed by atoms with E-state index in [0.717, 1.165) is 55.4 Å². The lowest BCUT2D eigenvalue weighted by Gasteiger charge is -2.13. The molecule has 0 saturated carbocycles. The van der Waals surface area contributed by atoms with E-state index in [2.05, 4.69) is 77.4 Å². The molecule has 0 bridgehead atoms. The van der Waals surface area contributed by atoms with Crippen molar-refractivity contribution in [3.05, 3.63) is 120 Å². The lowest BCUT2D eigenvalue weighted by atomic mass is 10.0. The maximum absolute atomic E-state index is 6.15. The van der Waals surface area contributed by atoms with E-state index < -0.39 is 0 Å². The van der Waals surface area contributed by atoms with Gasteiger partial charge in [-0.25, -0.2) is 4.98 Å². The van der Waals surface area contributed by atoms with Gasteiger partial charge in [-0.15, -0.1) is 0 Å². The summed E-state index contributed by atoms with van der Waals surface area (Å²) in [6, 6.07) is 37.0. The van der Waals surface area contributed by atoms with Gasteiger partial charge in [0.1, 0.15) is 5.75 Å². The molecule has 0 atom stereocenters. The molecule has 0 aliphatic heterocycles. The smallest absolute Gasteiger partial charge is 0.173 e. The first-order valence-electron chi connectivity index (χ1n) is 11.5. The van der Waals surface area contributed by atoms with E-state index in [9.17, 15) is 0 Å². The summed E-state index contributed by atoms with van der Waals surface area (Å²) in [5, 5.41) is 1.68. The standard InChI is InChI=1S/C30H25ClN2OS/c1-22-21-26(17-18-27(22)31)34-19-20-35-30-32-28(23-11-5-2-6-12-23)29(24-13-7-3-8-14-24)33(30)25-15-9-4-10-16-25/h2-18,21H,19-20H2,1H3. The first-order chi connectivity index (χ1) is 17.2. The number of hydrogen-bond donors (Lipinski definition) is 0. The molecule has 5 rings (SSSR count). The zero-order valence-electron chi connectivity index (χ0n) is 19.4. The second-order valence-electron chi connectivity index (χ2n) is 8.10. The van der Waals surface area contributed by atoms with Gasteiger partial charge in [0.2, 0.25) is 0 Å². The lowest BCUT2D eigenvalue weighted by Crippen LogP contribution is -2.03. The number of hydrogen-bond acceptors (Lipinski definition) is 3. The maximum Gasteiger partial charge on any atom is 0.173 e. The molecule has 174 valence electrons. The molecule has 3 nitrogen and oxygen atoms in total. The van der Waals surface area contributed by atoms with E-state index in [-0.39, 0.29) is 0 Å². The van der Waals surface area contributed by atoms with Crippen LogP contribution in [0.1, 0.15) is 5.56 Å². The molecule has 0 unspecified atom stereocenters. The number of aryl methyl sites for hydroxylation is 1. The Morgan fingerprint density at radius 3 is 2.09 bits per heavy atom. The maximum atomic E-state index is 6.15. The summed E-state index contributed by atoms with van der Waals surface area (Å²) in [4.78, 5) is 5.16. The molecule has 0 N–H and O–H groups in total. The number of nitrogens with zero attached hydrogens (tertiary/aromatic N) is 2. The molecule has 4 aromatic carbocycles. The van der Waals surface area contributed by atoms with Gasteiger partial charge in [0, 0.05) is 27.6 Å². The Balaban J connectivity index is 1.51. The number of ether oxygens (including phenoxy) is 1. The average Bonchev–Trinajstić information content (AvgIpc) is 3.29. The summed E-state index contributed by atoms with van der Waals surface area (Å²) in [7, 11) is 0. The average molecular weight is 497 g/mol. The highest BCUT2D eigenvalue weighted by Crippen LogP contribution is 2.38. The Labute approximate surface area is 215 Å². The fourth-order valence-corrected chi connectivity index (χ4v) is 4.92. The number of benzene rings is 4. The fraction of sp³-hybridized carbons (Fsp3) is 0.100. The highest BCUT2D eigenvalue weighted by atomic mass is 35.5. The molecule has 0 aliphatic rings. The number of rotatable bonds is 8. The van der Waals surface area contributed by atoms with Gasteiger partial charge in [-0.2, -0.15) is 0 Å². The zero-order chi connectivity index (χ0) is 24.0. The number of para-hydroxylation sites is 1. The fourth-order valence-electron chi connectivity index (χ4n) is 3.97. The van der Waals surface area contributed by atoms with Crippen LogP contribution in [0.2, 0.25) is 5.02 Å². The molecular formula is C30H25ClN2OS. The third kappa shape index (κ3) is 5.29. The molecule has 0 fully saturated rings. The van der Waals surface area contributed by atoms with Gasteiger partial charge < -0.3 is 4.74 Å². The van der Waals surface area contributed by atoms with Gasteiger partial charge in [-0.1, -0.05) is 102 Å². The molecule has 5 heteroatoms. The summed E-state index contributed by atoms with van der Waals surface area (Å²) in [5.74, 6) is 1.59. The topological polar surface area (TPSA) is 27.1 Å². The van der Waals surface area contributed by atoms with E-state index in [0.29, 0.717) is 6.61 Å². The largest absolute Gasteiger partial charge is 0.493 e. The van der Waals surface area contributed by atoms with Crippen molar-refractivity contribution in [2.75, 3.05) is 12.4 Å². The molecule has 5 aromatic rings. The van der Waals surface area contributed by atoms with Crippen molar-refractivity contribution in [3.8, 4) is 34.0 Å².